The molecule has 0 amide bonds. The topological polar surface area (TPSA) is 35.5 Å². The van der Waals surface area contributed by atoms with Crippen LogP contribution in [0.1, 0.15) is 27.0 Å². The summed E-state index contributed by atoms with van der Waals surface area (Å²) in [6.45, 7) is 2.04. The predicted octanol–water partition coefficient (Wildman–Crippen LogP) is 4.81. The van der Waals surface area contributed by atoms with E-state index in [1.54, 1.807) is 13.2 Å². The Labute approximate surface area is 145 Å². The lowest BCUT2D eigenvalue weighted by Gasteiger charge is -2.07. The van der Waals surface area contributed by atoms with Crippen LogP contribution in [-0.2, 0) is 11.2 Å². The predicted molar refractivity (Wildman–Crippen MR) is 96.0 cm³/mol. The first-order valence-corrected chi connectivity index (χ1v) is 8.02. The quantitative estimate of drug-likeness (QED) is 0.704. The zero-order chi connectivity index (χ0) is 16.8. The van der Waals surface area contributed by atoms with Crippen molar-refractivity contribution < 1.29 is 14.3 Å². The van der Waals surface area contributed by atoms with Gasteiger partial charge >= 0.3 is 5.97 Å². The third-order valence-electron chi connectivity index (χ3n) is 3.44. The van der Waals surface area contributed by atoms with Crippen molar-refractivity contribution in [2.75, 3.05) is 14.2 Å². The summed E-state index contributed by atoms with van der Waals surface area (Å²) in [6, 6.07) is 11.6. The van der Waals surface area contributed by atoms with Gasteiger partial charge in [-0.1, -0.05) is 40.2 Å². The minimum absolute atomic E-state index is 0.344. The molecule has 0 aliphatic rings. The average molecular weight is 375 g/mol. The van der Waals surface area contributed by atoms with Crippen LogP contribution >= 0.6 is 15.9 Å². The lowest BCUT2D eigenvalue weighted by atomic mass is 10.0. The molecule has 2 rings (SSSR count). The van der Waals surface area contributed by atoms with Crippen LogP contribution in [0.2, 0.25) is 0 Å². The Bertz CT molecular complexity index is 735. The van der Waals surface area contributed by atoms with Crippen molar-refractivity contribution in [2.24, 2.45) is 0 Å². The average Bonchev–Trinajstić information content (AvgIpc) is 2.55. The van der Waals surface area contributed by atoms with Gasteiger partial charge in [0, 0.05) is 10.0 Å². The number of ether oxygens (including phenoxy) is 2. The van der Waals surface area contributed by atoms with Gasteiger partial charge in [-0.05, 0) is 48.7 Å². The molecule has 0 unspecified atom stereocenters. The van der Waals surface area contributed by atoms with Gasteiger partial charge in [-0.15, -0.1) is 0 Å². The van der Waals surface area contributed by atoms with Crippen molar-refractivity contribution in [2.45, 2.75) is 13.3 Å². The maximum atomic E-state index is 11.9. The summed E-state index contributed by atoms with van der Waals surface area (Å²) < 4.78 is 11.0. The number of aryl methyl sites for hydroxylation is 1. The van der Waals surface area contributed by atoms with E-state index in [-0.39, 0.29) is 5.97 Å². The molecule has 2 aromatic rings. The maximum absolute atomic E-state index is 11.9. The van der Waals surface area contributed by atoms with E-state index in [1.807, 2.05) is 43.3 Å². The van der Waals surface area contributed by atoms with Crippen LogP contribution in [0.5, 0.6) is 5.75 Å². The van der Waals surface area contributed by atoms with Gasteiger partial charge in [0.15, 0.2) is 0 Å². The van der Waals surface area contributed by atoms with Gasteiger partial charge in [0.2, 0.25) is 0 Å². The van der Waals surface area contributed by atoms with Crippen LogP contribution in [0, 0.1) is 6.92 Å². The number of methoxy groups -OCH3 is 2. The van der Waals surface area contributed by atoms with E-state index >= 15 is 0 Å². The zero-order valence-electron chi connectivity index (χ0n) is 13.4. The van der Waals surface area contributed by atoms with Gasteiger partial charge < -0.3 is 9.47 Å². The van der Waals surface area contributed by atoms with Gasteiger partial charge in [0.1, 0.15) is 5.75 Å². The first-order chi connectivity index (χ1) is 11.0. The van der Waals surface area contributed by atoms with Gasteiger partial charge in [-0.3, -0.25) is 0 Å². The fourth-order valence-electron chi connectivity index (χ4n) is 2.37. The lowest BCUT2D eigenvalue weighted by molar-refractivity contribution is 0.0600. The first-order valence-electron chi connectivity index (χ1n) is 7.23. The van der Waals surface area contributed by atoms with E-state index in [9.17, 15) is 4.79 Å². The van der Waals surface area contributed by atoms with E-state index in [2.05, 4.69) is 22.0 Å². The normalized spacial score (nSPS) is 10.8. The smallest absolute Gasteiger partial charge is 0.338 e. The number of hydrogen-bond acceptors (Lipinski definition) is 3. The van der Waals surface area contributed by atoms with Crippen molar-refractivity contribution in [3.05, 3.63) is 69.2 Å². The zero-order valence-corrected chi connectivity index (χ0v) is 15.0. The molecule has 0 bridgehead atoms. The highest BCUT2D eigenvalue weighted by atomic mass is 79.9. The number of allylic oxidation sites excluding steroid dienone is 1. The number of esters is 1. The van der Waals surface area contributed by atoms with Crippen molar-refractivity contribution in [1.29, 1.82) is 0 Å². The summed E-state index contributed by atoms with van der Waals surface area (Å²) in [4.78, 5) is 11.9. The maximum Gasteiger partial charge on any atom is 0.338 e. The van der Waals surface area contributed by atoms with Crippen LogP contribution < -0.4 is 4.74 Å². The summed E-state index contributed by atoms with van der Waals surface area (Å²) in [5.74, 6) is 0.507. The number of carbonyl (C=O) groups is 1. The Morgan fingerprint density at radius 3 is 2.70 bits per heavy atom. The molecular weight excluding hydrogens is 356 g/mol. The van der Waals surface area contributed by atoms with Gasteiger partial charge in [0.25, 0.3) is 0 Å². The molecule has 0 fully saturated rings. The van der Waals surface area contributed by atoms with Crippen LogP contribution in [0.3, 0.4) is 0 Å². The lowest BCUT2D eigenvalue weighted by Crippen LogP contribution is -2.03. The summed E-state index contributed by atoms with van der Waals surface area (Å²) in [7, 11) is 3.05. The van der Waals surface area contributed by atoms with Gasteiger partial charge in [0.05, 0.1) is 19.8 Å². The molecule has 3 nitrogen and oxygen atoms in total. The van der Waals surface area contributed by atoms with E-state index in [0.29, 0.717) is 5.56 Å². The molecule has 0 aromatic heterocycles. The highest BCUT2D eigenvalue weighted by molar-refractivity contribution is 9.10. The van der Waals surface area contributed by atoms with E-state index in [1.165, 1.54) is 7.11 Å². The second kappa shape index (κ2) is 7.97. The highest BCUT2D eigenvalue weighted by Gasteiger charge is 2.11. The van der Waals surface area contributed by atoms with E-state index in [0.717, 1.165) is 33.3 Å². The molecule has 0 spiro atoms. The van der Waals surface area contributed by atoms with Gasteiger partial charge in [-0.25, -0.2) is 4.79 Å². The second-order valence-electron chi connectivity index (χ2n) is 5.16. The van der Waals surface area contributed by atoms with Crippen molar-refractivity contribution >= 4 is 28.0 Å². The highest BCUT2D eigenvalue weighted by Crippen LogP contribution is 2.24. The SMILES string of the molecule is COC(=O)c1cccc(Br)c1C=CCc1cc(C)cc(OC)c1. The molecule has 0 radical (unpaired) electrons. The molecule has 2 aromatic carbocycles. The molecule has 0 N–H and O–H groups in total. The fraction of sp³-hybridized carbons (Fsp3) is 0.211. The number of hydrogen-bond donors (Lipinski definition) is 0. The van der Waals surface area contributed by atoms with E-state index < -0.39 is 0 Å². The Kier molecular flexibility index (Phi) is 5.99. The Balaban J connectivity index is 2.24. The Hall–Kier alpha value is -2.07. The van der Waals surface area contributed by atoms with E-state index in [4.69, 9.17) is 9.47 Å². The second-order valence-corrected chi connectivity index (χ2v) is 6.01. The molecular formula is C19H19BrO3. The molecule has 23 heavy (non-hydrogen) atoms. The third-order valence-corrected chi connectivity index (χ3v) is 4.13. The van der Waals surface area contributed by atoms with Crippen LogP contribution in [0.25, 0.3) is 6.08 Å². The number of rotatable bonds is 5. The van der Waals surface area contributed by atoms with Crippen LogP contribution in [0.4, 0.5) is 0 Å². The third kappa shape index (κ3) is 4.45. The molecule has 0 atom stereocenters. The summed E-state index contributed by atoms with van der Waals surface area (Å²) in [6.07, 6.45) is 4.71. The van der Waals surface area contributed by atoms with Crippen molar-refractivity contribution in [1.82, 2.24) is 0 Å². The van der Waals surface area contributed by atoms with Crippen LogP contribution in [0.15, 0.2) is 46.9 Å². The summed E-state index contributed by atoms with van der Waals surface area (Å²) in [5.41, 5.74) is 3.67. The Morgan fingerprint density at radius 2 is 2.00 bits per heavy atom. The van der Waals surface area contributed by atoms with Crippen LogP contribution in [-0.4, -0.2) is 20.2 Å². The standard InChI is InChI=1S/C19H19BrO3/c1-13-10-14(12-15(11-13)22-2)6-4-7-16-17(19(21)23-3)8-5-9-18(16)20/h4-5,7-12H,6H2,1-3H3. The summed E-state index contributed by atoms with van der Waals surface area (Å²) >= 11 is 3.49. The molecule has 4 heteroatoms. The number of benzene rings is 2. The molecule has 0 aliphatic carbocycles. The monoisotopic (exact) mass is 374 g/mol. The minimum atomic E-state index is -0.344. The molecule has 0 saturated heterocycles. The molecule has 120 valence electrons. The Morgan fingerprint density at radius 1 is 1.22 bits per heavy atom. The molecule has 0 saturated carbocycles. The first kappa shape index (κ1) is 17.3. The van der Waals surface area contributed by atoms with Crippen molar-refractivity contribution in [3.8, 4) is 5.75 Å². The molecule has 0 aliphatic heterocycles. The van der Waals surface area contributed by atoms with Gasteiger partial charge in [-0.2, -0.15) is 0 Å². The number of halogens is 1. The minimum Gasteiger partial charge on any atom is -0.497 e. The summed E-state index contributed by atoms with van der Waals surface area (Å²) in [5, 5.41) is 0. The number of carbonyl (C=O) groups excluding carboxylic acids is 1. The largest absolute Gasteiger partial charge is 0.497 e. The fourth-order valence-corrected chi connectivity index (χ4v) is 2.87. The van der Waals surface area contributed by atoms with Crippen molar-refractivity contribution in [3.63, 3.8) is 0 Å². The molecule has 0 heterocycles.